The van der Waals surface area contributed by atoms with Crippen molar-refractivity contribution in [2.45, 2.75) is 25.7 Å². The number of amides is 1. The summed E-state index contributed by atoms with van der Waals surface area (Å²) in [5.41, 5.74) is 1.60. The van der Waals surface area contributed by atoms with Crippen LogP contribution in [0, 0.1) is 23.5 Å². The molecule has 2 fully saturated rings. The molecule has 1 aromatic rings. The number of carbonyl (C=O) groups is 1. The molecule has 6 heteroatoms. The Labute approximate surface area is 122 Å². The van der Waals surface area contributed by atoms with E-state index in [0.717, 1.165) is 37.8 Å². The SMILES string of the molecule is NNc1c(F)cc(C(=O)N(CC2CC2)CC2CC2)cc1F. The standard InChI is InChI=1S/C15H19F2N3O/c16-12-5-11(6-13(17)14(12)19-18)15(21)20(7-9-1-2-9)8-10-3-4-10/h5-6,9-10,19H,1-4,7-8,18H2. The smallest absolute Gasteiger partial charge is 0.254 e. The Morgan fingerprint density at radius 1 is 1.14 bits per heavy atom. The van der Waals surface area contributed by atoms with E-state index in [0.29, 0.717) is 24.9 Å². The molecule has 3 rings (SSSR count). The van der Waals surface area contributed by atoms with Crippen molar-refractivity contribution >= 4 is 11.6 Å². The summed E-state index contributed by atoms with van der Waals surface area (Å²) in [7, 11) is 0. The van der Waals surface area contributed by atoms with Gasteiger partial charge in [0.25, 0.3) is 5.91 Å². The molecule has 2 saturated carbocycles. The van der Waals surface area contributed by atoms with Crippen LogP contribution in [-0.4, -0.2) is 23.9 Å². The number of carbonyl (C=O) groups excluding carboxylic acids is 1. The van der Waals surface area contributed by atoms with Crippen molar-refractivity contribution < 1.29 is 13.6 Å². The number of hydrogen-bond acceptors (Lipinski definition) is 3. The lowest BCUT2D eigenvalue weighted by molar-refractivity contribution is 0.0738. The van der Waals surface area contributed by atoms with E-state index in [1.54, 1.807) is 4.90 Å². The molecule has 0 saturated heterocycles. The predicted molar refractivity (Wildman–Crippen MR) is 75.5 cm³/mol. The van der Waals surface area contributed by atoms with Crippen LogP contribution in [0.2, 0.25) is 0 Å². The molecular formula is C15H19F2N3O. The monoisotopic (exact) mass is 295 g/mol. The predicted octanol–water partition coefficient (Wildman–Crippen LogP) is 2.51. The number of benzene rings is 1. The Bertz CT molecular complexity index is 519. The fourth-order valence-corrected chi connectivity index (χ4v) is 2.48. The maximum absolute atomic E-state index is 13.7. The maximum atomic E-state index is 13.7. The minimum absolute atomic E-state index is 0.0466. The first kappa shape index (κ1) is 14.3. The van der Waals surface area contributed by atoms with Crippen molar-refractivity contribution in [3.05, 3.63) is 29.3 Å². The van der Waals surface area contributed by atoms with Crippen LogP contribution in [0.15, 0.2) is 12.1 Å². The van der Waals surface area contributed by atoms with Crippen molar-refractivity contribution in [2.75, 3.05) is 18.5 Å². The van der Waals surface area contributed by atoms with Crippen molar-refractivity contribution in [3.8, 4) is 0 Å². The fraction of sp³-hybridized carbons (Fsp3) is 0.533. The van der Waals surface area contributed by atoms with Gasteiger partial charge in [0.1, 0.15) is 5.69 Å². The highest BCUT2D eigenvalue weighted by molar-refractivity contribution is 5.94. The van der Waals surface area contributed by atoms with Crippen LogP contribution in [0.25, 0.3) is 0 Å². The second-order valence-electron chi connectivity index (χ2n) is 6.06. The van der Waals surface area contributed by atoms with E-state index < -0.39 is 17.3 Å². The molecule has 0 aliphatic heterocycles. The highest BCUT2D eigenvalue weighted by Gasteiger charge is 2.32. The summed E-state index contributed by atoms with van der Waals surface area (Å²) in [5, 5.41) is 0. The number of nitrogens with two attached hydrogens (primary N) is 1. The lowest BCUT2D eigenvalue weighted by Gasteiger charge is -2.23. The van der Waals surface area contributed by atoms with Gasteiger partial charge in [-0.3, -0.25) is 10.6 Å². The van der Waals surface area contributed by atoms with Crippen LogP contribution in [0.4, 0.5) is 14.5 Å². The van der Waals surface area contributed by atoms with Gasteiger partial charge in [-0.05, 0) is 49.7 Å². The van der Waals surface area contributed by atoms with Gasteiger partial charge in [-0.25, -0.2) is 8.78 Å². The average molecular weight is 295 g/mol. The summed E-state index contributed by atoms with van der Waals surface area (Å²) >= 11 is 0. The van der Waals surface area contributed by atoms with Gasteiger partial charge in [0.05, 0.1) is 0 Å². The van der Waals surface area contributed by atoms with Gasteiger partial charge in [0, 0.05) is 18.7 Å². The molecule has 3 N–H and O–H groups in total. The number of hydrogen-bond donors (Lipinski definition) is 2. The minimum Gasteiger partial charge on any atom is -0.338 e. The summed E-state index contributed by atoms with van der Waals surface area (Å²) in [6, 6.07) is 2.10. The number of anilines is 1. The first-order chi connectivity index (χ1) is 10.1. The van der Waals surface area contributed by atoms with E-state index in [9.17, 15) is 13.6 Å². The van der Waals surface area contributed by atoms with Crippen molar-refractivity contribution in [1.82, 2.24) is 4.90 Å². The molecule has 114 valence electrons. The number of halogens is 2. The van der Waals surface area contributed by atoms with Crippen LogP contribution in [0.1, 0.15) is 36.0 Å². The zero-order valence-corrected chi connectivity index (χ0v) is 11.7. The molecule has 21 heavy (non-hydrogen) atoms. The quantitative estimate of drug-likeness (QED) is 0.626. The molecule has 0 bridgehead atoms. The molecular weight excluding hydrogens is 276 g/mol. The van der Waals surface area contributed by atoms with Crippen molar-refractivity contribution in [2.24, 2.45) is 17.7 Å². The highest BCUT2D eigenvalue weighted by Crippen LogP contribution is 2.34. The average Bonchev–Trinajstić information content (AvgIpc) is 3.32. The van der Waals surface area contributed by atoms with E-state index in [1.165, 1.54) is 0 Å². The van der Waals surface area contributed by atoms with E-state index in [-0.39, 0.29) is 11.5 Å². The second kappa shape index (κ2) is 5.60. The minimum atomic E-state index is -0.848. The van der Waals surface area contributed by atoms with Gasteiger partial charge in [0.2, 0.25) is 0 Å². The van der Waals surface area contributed by atoms with Gasteiger partial charge in [0.15, 0.2) is 11.6 Å². The zero-order chi connectivity index (χ0) is 15.0. The van der Waals surface area contributed by atoms with Crippen LogP contribution >= 0.6 is 0 Å². The summed E-state index contributed by atoms with van der Waals surface area (Å²) < 4.78 is 27.5. The molecule has 2 aliphatic carbocycles. The lowest BCUT2D eigenvalue weighted by Crippen LogP contribution is -2.35. The first-order valence-electron chi connectivity index (χ1n) is 7.33. The molecule has 0 radical (unpaired) electrons. The van der Waals surface area contributed by atoms with Gasteiger partial charge in [-0.1, -0.05) is 0 Å². The van der Waals surface area contributed by atoms with E-state index in [4.69, 9.17) is 5.84 Å². The Morgan fingerprint density at radius 2 is 1.62 bits per heavy atom. The molecule has 0 unspecified atom stereocenters. The third kappa shape index (κ3) is 3.32. The van der Waals surface area contributed by atoms with Gasteiger partial charge in [-0.15, -0.1) is 0 Å². The topological polar surface area (TPSA) is 58.4 Å². The van der Waals surface area contributed by atoms with Crippen molar-refractivity contribution in [3.63, 3.8) is 0 Å². The van der Waals surface area contributed by atoms with Gasteiger partial charge < -0.3 is 10.3 Å². The third-order valence-corrected chi connectivity index (χ3v) is 4.07. The fourth-order valence-electron chi connectivity index (χ4n) is 2.48. The molecule has 0 aromatic heterocycles. The van der Waals surface area contributed by atoms with Crippen LogP contribution in [0.5, 0.6) is 0 Å². The summed E-state index contributed by atoms with van der Waals surface area (Å²) in [6.45, 7) is 1.38. The van der Waals surface area contributed by atoms with Crippen LogP contribution in [-0.2, 0) is 0 Å². The largest absolute Gasteiger partial charge is 0.338 e. The maximum Gasteiger partial charge on any atom is 0.254 e. The second-order valence-corrected chi connectivity index (χ2v) is 6.06. The Balaban J connectivity index is 1.80. The Kier molecular flexibility index (Phi) is 3.80. The summed E-state index contributed by atoms with van der Waals surface area (Å²) in [5.74, 6) is 4.16. The normalized spacial score (nSPS) is 17.7. The number of hydrazine groups is 1. The highest BCUT2D eigenvalue weighted by atomic mass is 19.1. The van der Waals surface area contributed by atoms with Gasteiger partial charge >= 0.3 is 0 Å². The summed E-state index contributed by atoms with van der Waals surface area (Å²) in [4.78, 5) is 14.3. The number of nitrogens with zero attached hydrogens (tertiary/aromatic N) is 1. The van der Waals surface area contributed by atoms with Gasteiger partial charge in [-0.2, -0.15) is 0 Å². The molecule has 0 spiro atoms. The third-order valence-electron chi connectivity index (χ3n) is 4.07. The molecule has 0 heterocycles. The summed E-state index contributed by atoms with van der Waals surface area (Å²) in [6.07, 6.45) is 4.53. The zero-order valence-electron chi connectivity index (χ0n) is 11.7. The molecule has 1 amide bonds. The van der Waals surface area contributed by atoms with Crippen molar-refractivity contribution in [1.29, 1.82) is 0 Å². The first-order valence-corrected chi connectivity index (χ1v) is 7.33. The molecule has 0 atom stereocenters. The van der Waals surface area contributed by atoms with Crippen LogP contribution in [0.3, 0.4) is 0 Å². The van der Waals surface area contributed by atoms with Crippen LogP contribution < -0.4 is 11.3 Å². The molecule has 2 aliphatic rings. The van der Waals surface area contributed by atoms with E-state index in [1.807, 2.05) is 5.43 Å². The van der Waals surface area contributed by atoms with E-state index in [2.05, 4.69) is 0 Å². The molecule has 1 aromatic carbocycles. The molecule has 4 nitrogen and oxygen atoms in total. The number of rotatable bonds is 6. The lowest BCUT2D eigenvalue weighted by atomic mass is 10.1. The number of nitrogens with one attached hydrogen (secondary N) is 1. The Morgan fingerprint density at radius 3 is 2.00 bits per heavy atom. The Hall–Kier alpha value is -1.69. The number of nitrogen functional groups attached to an aromatic ring is 1. The van der Waals surface area contributed by atoms with E-state index >= 15 is 0 Å².